The van der Waals surface area contributed by atoms with Crippen LogP contribution in [0.2, 0.25) is 0 Å². The van der Waals surface area contributed by atoms with Crippen molar-refractivity contribution in [1.29, 1.82) is 0 Å². The summed E-state index contributed by atoms with van der Waals surface area (Å²) in [5.74, 6) is -0.522. The molecule has 0 unspecified atom stereocenters. The van der Waals surface area contributed by atoms with E-state index in [-0.39, 0.29) is 0 Å². The molecule has 0 aliphatic carbocycles. The van der Waals surface area contributed by atoms with Crippen LogP contribution in [0.3, 0.4) is 0 Å². The van der Waals surface area contributed by atoms with Crippen molar-refractivity contribution < 1.29 is 8.62 Å². The lowest BCUT2D eigenvalue weighted by Gasteiger charge is -2.22. The summed E-state index contributed by atoms with van der Waals surface area (Å²) in [6, 6.07) is 9.43. The van der Waals surface area contributed by atoms with E-state index in [1.165, 1.54) is 0 Å². The third-order valence-electron chi connectivity index (χ3n) is 1.91. The number of halogens is 5. The molecule has 7 heteroatoms. The molecule has 2 nitrogen and oxygen atoms in total. The van der Waals surface area contributed by atoms with Gasteiger partial charge in [0.15, 0.2) is 16.3 Å². The highest BCUT2D eigenvalue weighted by atomic mass is 79.9. The Balaban J connectivity index is 3.29. The Morgan fingerprint density at radius 3 is 2.06 bits per heavy atom. The number of hydrogen-bond donors (Lipinski definition) is 0. The quantitative estimate of drug-likeness (QED) is 0.364. The van der Waals surface area contributed by atoms with Crippen LogP contribution in [-0.2, 0) is 11.9 Å². The van der Waals surface area contributed by atoms with Crippen molar-refractivity contribution in [3.63, 3.8) is 0 Å². The number of benzene rings is 1. The first-order valence-electron chi connectivity index (χ1n) is 4.23. The summed E-state index contributed by atoms with van der Waals surface area (Å²) >= 11 is 16.1. The standard InChI is InChI=1S/C10H5Br5O2/c11-8(12)7(9(16)17-15)10(13,14)6-4-2-1-3-5-6/h1-5H. The Kier molecular flexibility index (Phi) is 6.39. The molecule has 0 spiro atoms. The van der Waals surface area contributed by atoms with Gasteiger partial charge < -0.3 is 3.83 Å². The van der Waals surface area contributed by atoms with Crippen LogP contribution >= 0.6 is 80.0 Å². The minimum Gasteiger partial charge on any atom is -0.380 e. The van der Waals surface area contributed by atoms with Gasteiger partial charge in [-0.05, 0) is 37.4 Å². The average Bonchev–Trinajstić information content (AvgIpc) is 2.29. The van der Waals surface area contributed by atoms with Crippen LogP contribution in [-0.4, -0.2) is 5.97 Å². The van der Waals surface area contributed by atoms with Crippen molar-refractivity contribution in [2.24, 2.45) is 0 Å². The van der Waals surface area contributed by atoms with E-state index in [2.05, 4.69) is 83.8 Å². The predicted molar refractivity (Wildman–Crippen MR) is 85.9 cm³/mol. The van der Waals surface area contributed by atoms with Gasteiger partial charge in [-0.25, -0.2) is 4.79 Å². The van der Waals surface area contributed by atoms with E-state index in [9.17, 15) is 4.79 Å². The zero-order valence-corrected chi connectivity index (χ0v) is 16.0. The number of rotatable bonds is 3. The summed E-state index contributed by atoms with van der Waals surface area (Å²) in [4.78, 5) is 11.7. The molecule has 0 bridgehead atoms. The fraction of sp³-hybridized carbons (Fsp3) is 0.100. The summed E-state index contributed by atoms with van der Waals surface area (Å²) in [7, 11) is 0. The Morgan fingerprint density at radius 2 is 1.65 bits per heavy atom. The summed E-state index contributed by atoms with van der Waals surface area (Å²) in [5, 5.41) is 0. The smallest absolute Gasteiger partial charge is 0.349 e. The predicted octanol–water partition coefficient (Wildman–Crippen LogP) is 5.48. The Morgan fingerprint density at radius 1 is 1.12 bits per heavy atom. The molecule has 0 N–H and O–H groups in total. The highest BCUT2D eigenvalue weighted by Crippen LogP contribution is 2.48. The molecule has 0 saturated heterocycles. The van der Waals surface area contributed by atoms with Gasteiger partial charge >= 0.3 is 5.97 Å². The van der Waals surface area contributed by atoms with Gasteiger partial charge in [0.2, 0.25) is 0 Å². The monoisotopic (exact) mass is 552 g/mol. The van der Waals surface area contributed by atoms with Gasteiger partial charge in [0.1, 0.15) is 3.23 Å². The van der Waals surface area contributed by atoms with Crippen molar-refractivity contribution in [2.45, 2.75) is 3.23 Å². The van der Waals surface area contributed by atoms with Crippen LogP contribution in [0.4, 0.5) is 0 Å². The normalized spacial score (nSPS) is 10.9. The van der Waals surface area contributed by atoms with Gasteiger partial charge in [0.25, 0.3) is 0 Å². The lowest BCUT2D eigenvalue weighted by Crippen LogP contribution is -2.20. The van der Waals surface area contributed by atoms with Crippen LogP contribution < -0.4 is 0 Å². The van der Waals surface area contributed by atoms with Crippen LogP contribution in [0, 0.1) is 0 Å². The molecule has 1 rings (SSSR count). The summed E-state index contributed by atoms with van der Waals surface area (Å²) in [6.07, 6.45) is 0. The minimum atomic E-state index is -0.839. The summed E-state index contributed by atoms with van der Waals surface area (Å²) in [6.45, 7) is 0. The van der Waals surface area contributed by atoms with Crippen molar-refractivity contribution in [3.8, 4) is 0 Å². The van der Waals surface area contributed by atoms with Crippen LogP contribution in [0.15, 0.2) is 39.3 Å². The first-order valence-corrected chi connectivity index (χ1v) is 8.05. The summed E-state index contributed by atoms with van der Waals surface area (Å²) in [5.41, 5.74) is 1.21. The van der Waals surface area contributed by atoms with E-state index in [0.717, 1.165) is 5.56 Å². The first-order chi connectivity index (χ1) is 7.91. The average molecular weight is 557 g/mol. The lowest BCUT2D eigenvalue weighted by atomic mass is 10.1. The Bertz CT molecular complexity index is 437. The molecule has 0 atom stereocenters. The SMILES string of the molecule is O=C(OBr)C(=C(Br)Br)C(Br)(Br)c1ccccc1. The number of hydrogen-bond acceptors (Lipinski definition) is 2. The van der Waals surface area contributed by atoms with Gasteiger partial charge in [-0.2, -0.15) is 0 Å². The van der Waals surface area contributed by atoms with Gasteiger partial charge in [0.05, 0.1) is 8.96 Å². The lowest BCUT2D eigenvalue weighted by molar-refractivity contribution is -0.128. The second kappa shape index (κ2) is 6.84. The molecule has 17 heavy (non-hydrogen) atoms. The summed E-state index contributed by atoms with van der Waals surface area (Å²) < 4.78 is 4.23. The van der Waals surface area contributed by atoms with Gasteiger partial charge in [0, 0.05) is 0 Å². The highest BCUT2D eigenvalue weighted by molar-refractivity contribution is 9.28. The molecule has 1 aromatic carbocycles. The molecule has 0 radical (unpaired) electrons. The van der Waals surface area contributed by atoms with Gasteiger partial charge in [-0.15, -0.1) is 0 Å². The minimum absolute atomic E-state index is 0.348. The highest BCUT2D eigenvalue weighted by Gasteiger charge is 2.37. The third-order valence-corrected chi connectivity index (χ3v) is 4.71. The molecule has 0 heterocycles. The third kappa shape index (κ3) is 3.89. The molecule has 0 aliphatic heterocycles. The van der Waals surface area contributed by atoms with Crippen molar-refractivity contribution in [2.75, 3.05) is 0 Å². The number of alkyl halides is 2. The maximum absolute atomic E-state index is 11.7. The van der Waals surface area contributed by atoms with Gasteiger partial charge in [-0.3, -0.25) is 0 Å². The molecular weight excluding hydrogens is 552 g/mol. The maximum Gasteiger partial charge on any atom is 0.349 e. The first kappa shape index (κ1) is 15.9. The fourth-order valence-corrected chi connectivity index (χ4v) is 4.55. The molecule has 0 fully saturated rings. The zero-order valence-electron chi connectivity index (χ0n) is 8.09. The van der Waals surface area contributed by atoms with Crippen LogP contribution in [0.1, 0.15) is 5.56 Å². The molecule has 0 aliphatic rings. The van der Waals surface area contributed by atoms with Crippen molar-refractivity contribution in [3.05, 3.63) is 44.9 Å². The molecule has 0 aromatic heterocycles. The number of carbonyl (C=O) groups excluding carboxylic acids is 1. The Hall–Kier alpha value is 0.830. The van der Waals surface area contributed by atoms with Crippen molar-refractivity contribution >= 4 is 85.9 Å². The molecule has 0 amide bonds. The van der Waals surface area contributed by atoms with E-state index < -0.39 is 9.20 Å². The maximum atomic E-state index is 11.7. The van der Waals surface area contributed by atoms with E-state index in [1.54, 1.807) is 0 Å². The van der Waals surface area contributed by atoms with Crippen LogP contribution in [0.25, 0.3) is 0 Å². The van der Waals surface area contributed by atoms with E-state index in [4.69, 9.17) is 0 Å². The fourth-order valence-electron chi connectivity index (χ4n) is 1.15. The van der Waals surface area contributed by atoms with E-state index in [0.29, 0.717) is 8.96 Å². The number of carbonyl (C=O) groups is 1. The van der Waals surface area contributed by atoms with Crippen LogP contribution in [0.5, 0.6) is 0 Å². The molecule has 92 valence electrons. The van der Waals surface area contributed by atoms with E-state index >= 15 is 0 Å². The van der Waals surface area contributed by atoms with E-state index in [1.807, 2.05) is 30.3 Å². The molecule has 0 saturated carbocycles. The second-order valence-electron chi connectivity index (χ2n) is 2.94. The zero-order chi connectivity index (χ0) is 13.1. The Labute approximate surface area is 141 Å². The van der Waals surface area contributed by atoms with Gasteiger partial charge in [-0.1, -0.05) is 62.2 Å². The largest absolute Gasteiger partial charge is 0.380 e. The molecular formula is C10H5Br5O2. The van der Waals surface area contributed by atoms with Crippen molar-refractivity contribution in [1.82, 2.24) is 0 Å². The second-order valence-corrected chi connectivity index (χ2v) is 9.36. The molecule has 1 aromatic rings. The topological polar surface area (TPSA) is 26.3 Å².